The highest BCUT2D eigenvalue weighted by Gasteiger charge is 2.07. The van der Waals surface area contributed by atoms with E-state index in [9.17, 15) is 4.39 Å². The van der Waals surface area contributed by atoms with Crippen LogP contribution in [0.15, 0.2) is 6.07 Å². The first-order valence-corrected chi connectivity index (χ1v) is 3.62. The van der Waals surface area contributed by atoms with Gasteiger partial charge >= 0.3 is 0 Å². The van der Waals surface area contributed by atoms with Gasteiger partial charge in [-0.25, -0.2) is 4.39 Å². The molecule has 1 nitrogen and oxygen atoms in total. The lowest BCUT2D eigenvalue weighted by Crippen LogP contribution is -1.96. The Hall–Kier alpha value is -0.760. The lowest BCUT2D eigenvalue weighted by Gasteiger charge is -2.06. The summed E-state index contributed by atoms with van der Waals surface area (Å²) in [5, 5.41) is 0.448. The SMILES string of the molecule is Cc1cc(F)c(C)c(N)c1Cl. The molecule has 0 radical (unpaired) electrons. The molecule has 0 atom stereocenters. The van der Waals surface area contributed by atoms with E-state index < -0.39 is 0 Å². The Labute approximate surface area is 70.0 Å². The van der Waals surface area contributed by atoms with Gasteiger partial charge in [0.05, 0.1) is 10.7 Å². The number of nitrogens with two attached hydrogens (primary N) is 1. The van der Waals surface area contributed by atoms with Gasteiger partial charge in [-0.2, -0.15) is 0 Å². The van der Waals surface area contributed by atoms with Gasteiger partial charge in [0.2, 0.25) is 0 Å². The minimum Gasteiger partial charge on any atom is -0.397 e. The zero-order valence-electron chi connectivity index (χ0n) is 6.41. The molecular weight excluding hydrogens is 165 g/mol. The average molecular weight is 174 g/mol. The van der Waals surface area contributed by atoms with Gasteiger partial charge in [-0.05, 0) is 25.5 Å². The number of hydrogen-bond acceptors (Lipinski definition) is 1. The van der Waals surface area contributed by atoms with E-state index in [2.05, 4.69) is 0 Å². The summed E-state index contributed by atoms with van der Waals surface area (Å²) in [5.74, 6) is -0.301. The van der Waals surface area contributed by atoms with Crippen LogP contribution in [0.5, 0.6) is 0 Å². The second-order valence-corrected chi connectivity index (χ2v) is 2.91. The number of aryl methyl sites for hydroxylation is 1. The van der Waals surface area contributed by atoms with Gasteiger partial charge in [0.25, 0.3) is 0 Å². The largest absolute Gasteiger partial charge is 0.397 e. The molecule has 1 aromatic carbocycles. The summed E-state index contributed by atoms with van der Waals surface area (Å²) in [6.07, 6.45) is 0. The Bertz CT molecular complexity index is 270. The molecule has 1 aromatic rings. The van der Waals surface area contributed by atoms with E-state index in [1.54, 1.807) is 13.8 Å². The maximum absolute atomic E-state index is 12.9. The first-order valence-electron chi connectivity index (χ1n) is 3.24. The topological polar surface area (TPSA) is 26.0 Å². The molecule has 0 spiro atoms. The van der Waals surface area contributed by atoms with E-state index in [4.69, 9.17) is 17.3 Å². The van der Waals surface area contributed by atoms with Crippen LogP contribution in [0.4, 0.5) is 10.1 Å². The van der Waals surface area contributed by atoms with Crippen LogP contribution >= 0.6 is 11.6 Å². The molecule has 2 N–H and O–H groups in total. The van der Waals surface area contributed by atoms with Crippen LogP contribution in [0.25, 0.3) is 0 Å². The van der Waals surface area contributed by atoms with E-state index in [0.29, 0.717) is 21.8 Å². The molecule has 0 bridgehead atoms. The fourth-order valence-electron chi connectivity index (χ4n) is 0.867. The number of anilines is 1. The second-order valence-electron chi connectivity index (χ2n) is 2.53. The number of nitrogen functional groups attached to an aromatic ring is 1. The summed E-state index contributed by atoms with van der Waals surface area (Å²) >= 11 is 5.76. The fourth-order valence-corrected chi connectivity index (χ4v) is 1.06. The van der Waals surface area contributed by atoms with Crippen LogP contribution < -0.4 is 5.73 Å². The average Bonchev–Trinajstić information content (AvgIpc) is 1.97. The van der Waals surface area contributed by atoms with Gasteiger partial charge < -0.3 is 5.73 Å². The van der Waals surface area contributed by atoms with Gasteiger partial charge in [-0.15, -0.1) is 0 Å². The number of benzene rings is 1. The Balaban J connectivity index is 3.46. The third kappa shape index (κ3) is 1.31. The van der Waals surface area contributed by atoms with E-state index in [1.807, 2.05) is 0 Å². The lowest BCUT2D eigenvalue weighted by molar-refractivity contribution is 0.618. The summed E-state index contributed by atoms with van der Waals surface area (Å²) in [6.45, 7) is 3.33. The smallest absolute Gasteiger partial charge is 0.128 e. The molecule has 1 rings (SSSR count). The van der Waals surface area contributed by atoms with Crippen molar-refractivity contribution in [3.05, 3.63) is 28.0 Å². The standard InChI is InChI=1S/C8H9ClFN/c1-4-3-6(10)5(2)8(11)7(4)9/h3H,11H2,1-2H3. The van der Waals surface area contributed by atoms with E-state index in [1.165, 1.54) is 6.07 Å². The van der Waals surface area contributed by atoms with Gasteiger partial charge in [0, 0.05) is 5.56 Å². The normalized spacial score (nSPS) is 10.2. The highest BCUT2D eigenvalue weighted by molar-refractivity contribution is 6.34. The van der Waals surface area contributed by atoms with Gasteiger partial charge in [0.15, 0.2) is 0 Å². The van der Waals surface area contributed by atoms with Gasteiger partial charge in [-0.3, -0.25) is 0 Å². The predicted molar refractivity (Wildman–Crippen MR) is 45.3 cm³/mol. The monoisotopic (exact) mass is 173 g/mol. The molecule has 0 unspecified atom stereocenters. The van der Waals surface area contributed by atoms with E-state index in [0.717, 1.165) is 0 Å². The third-order valence-corrected chi connectivity index (χ3v) is 2.19. The summed E-state index contributed by atoms with van der Waals surface area (Å²) in [7, 11) is 0. The van der Waals surface area contributed by atoms with Crippen molar-refractivity contribution in [1.82, 2.24) is 0 Å². The Morgan fingerprint density at radius 3 is 2.55 bits per heavy atom. The summed E-state index contributed by atoms with van der Waals surface area (Å²) in [5.41, 5.74) is 6.94. The van der Waals surface area contributed by atoms with Crippen LogP contribution in [0.2, 0.25) is 5.02 Å². The minimum atomic E-state index is -0.301. The van der Waals surface area contributed by atoms with Crippen LogP contribution in [-0.2, 0) is 0 Å². The zero-order chi connectivity index (χ0) is 8.59. The summed E-state index contributed by atoms with van der Waals surface area (Å²) in [4.78, 5) is 0. The fraction of sp³-hybridized carbons (Fsp3) is 0.250. The van der Waals surface area contributed by atoms with Gasteiger partial charge in [0.1, 0.15) is 5.82 Å². The second kappa shape index (κ2) is 2.70. The van der Waals surface area contributed by atoms with E-state index >= 15 is 0 Å². The van der Waals surface area contributed by atoms with Crippen molar-refractivity contribution in [3.8, 4) is 0 Å². The summed E-state index contributed by atoms with van der Waals surface area (Å²) < 4.78 is 12.9. The molecule has 0 aliphatic carbocycles. The number of hydrogen-bond donors (Lipinski definition) is 1. The molecule has 60 valence electrons. The lowest BCUT2D eigenvalue weighted by atomic mass is 10.1. The molecule has 0 amide bonds. The molecule has 11 heavy (non-hydrogen) atoms. The third-order valence-electron chi connectivity index (χ3n) is 1.69. The van der Waals surface area contributed by atoms with Crippen molar-refractivity contribution in [2.24, 2.45) is 0 Å². The Morgan fingerprint density at radius 2 is 2.00 bits per heavy atom. The van der Waals surface area contributed by atoms with E-state index in [-0.39, 0.29) is 5.82 Å². The number of halogens is 2. The Morgan fingerprint density at radius 1 is 1.45 bits per heavy atom. The highest BCUT2D eigenvalue weighted by atomic mass is 35.5. The Kier molecular flexibility index (Phi) is 2.05. The van der Waals surface area contributed by atoms with Crippen molar-refractivity contribution in [3.63, 3.8) is 0 Å². The summed E-state index contributed by atoms with van der Waals surface area (Å²) in [6, 6.07) is 1.38. The first kappa shape index (κ1) is 8.34. The molecule has 0 aliphatic rings. The molecule has 0 saturated heterocycles. The maximum Gasteiger partial charge on any atom is 0.128 e. The van der Waals surface area contributed by atoms with Crippen molar-refractivity contribution in [2.45, 2.75) is 13.8 Å². The van der Waals surface area contributed by atoms with Crippen molar-refractivity contribution < 1.29 is 4.39 Å². The molecule has 0 saturated carbocycles. The van der Waals surface area contributed by atoms with Crippen molar-refractivity contribution in [2.75, 3.05) is 5.73 Å². The van der Waals surface area contributed by atoms with Crippen LogP contribution in [0.1, 0.15) is 11.1 Å². The maximum atomic E-state index is 12.9. The molecular formula is C8H9ClFN. The predicted octanol–water partition coefficient (Wildman–Crippen LogP) is 2.68. The zero-order valence-corrected chi connectivity index (χ0v) is 7.17. The molecule has 3 heteroatoms. The number of rotatable bonds is 0. The minimum absolute atomic E-state index is 0.301. The van der Waals surface area contributed by atoms with Crippen molar-refractivity contribution >= 4 is 17.3 Å². The molecule has 0 aromatic heterocycles. The molecule has 0 aliphatic heterocycles. The molecule has 0 heterocycles. The molecule has 0 fully saturated rings. The van der Waals surface area contributed by atoms with Crippen LogP contribution in [-0.4, -0.2) is 0 Å². The van der Waals surface area contributed by atoms with Crippen molar-refractivity contribution in [1.29, 1.82) is 0 Å². The van der Waals surface area contributed by atoms with Crippen LogP contribution in [0, 0.1) is 19.7 Å². The van der Waals surface area contributed by atoms with Crippen LogP contribution in [0.3, 0.4) is 0 Å². The quantitative estimate of drug-likeness (QED) is 0.600. The first-order chi connectivity index (χ1) is 5.04. The highest BCUT2D eigenvalue weighted by Crippen LogP contribution is 2.27. The van der Waals surface area contributed by atoms with Gasteiger partial charge in [-0.1, -0.05) is 11.6 Å².